The zero-order valence-corrected chi connectivity index (χ0v) is 15.5. The minimum absolute atomic E-state index is 0.193. The van der Waals surface area contributed by atoms with Crippen LogP contribution in [0.1, 0.15) is 33.8 Å². The van der Waals surface area contributed by atoms with Gasteiger partial charge in [0.1, 0.15) is 0 Å². The van der Waals surface area contributed by atoms with Crippen molar-refractivity contribution in [2.24, 2.45) is 0 Å². The van der Waals surface area contributed by atoms with Crippen molar-refractivity contribution in [2.75, 3.05) is 13.7 Å². The molecule has 0 saturated carbocycles. The minimum Gasteiger partial charge on any atom is -0.469 e. The first-order chi connectivity index (χ1) is 12.6. The molecule has 3 aromatic rings. The van der Waals surface area contributed by atoms with Gasteiger partial charge in [0.25, 0.3) is 5.91 Å². The van der Waals surface area contributed by atoms with E-state index in [4.69, 9.17) is 0 Å². The van der Waals surface area contributed by atoms with Gasteiger partial charge in [-0.2, -0.15) is 5.10 Å². The lowest BCUT2D eigenvalue weighted by Gasteiger charge is -2.08. The highest BCUT2D eigenvalue weighted by Crippen LogP contribution is 2.20. The molecular weight excluding hydrogens is 352 g/mol. The summed E-state index contributed by atoms with van der Waals surface area (Å²) in [5, 5.41) is 9.99. The summed E-state index contributed by atoms with van der Waals surface area (Å²) in [6.07, 6.45) is 2.49. The van der Waals surface area contributed by atoms with Crippen LogP contribution < -0.4 is 5.32 Å². The summed E-state index contributed by atoms with van der Waals surface area (Å²) in [6, 6.07) is 5.80. The van der Waals surface area contributed by atoms with Crippen molar-refractivity contribution in [1.82, 2.24) is 20.1 Å². The summed E-state index contributed by atoms with van der Waals surface area (Å²) in [4.78, 5) is 29.4. The number of esters is 1. The number of amides is 1. The zero-order valence-electron chi connectivity index (χ0n) is 14.7. The Morgan fingerprint density at radius 2 is 2.23 bits per heavy atom. The summed E-state index contributed by atoms with van der Waals surface area (Å²) in [5.41, 5.74) is 1.99. The first-order valence-corrected chi connectivity index (χ1v) is 9.17. The quantitative estimate of drug-likeness (QED) is 0.509. The number of pyridine rings is 1. The van der Waals surface area contributed by atoms with Crippen LogP contribution in [0, 0.1) is 6.92 Å². The number of methoxy groups -OCH3 is 1. The largest absolute Gasteiger partial charge is 0.469 e. The fourth-order valence-electron chi connectivity index (χ4n) is 2.66. The maximum Gasteiger partial charge on any atom is 0.305 e. The molecule has 1 N–H and O–H groups in total. The second kappa shape index (κ2) is 8.09. The number of nitrogens with one attached hydrogen (secondary N) is 1. The number of thiophene rings is 1. The number of aryl methyl sites for hydroxylation is 1. The predicted molar refractivity (Wildman–Crippen MR) is 99.3 cm³/mol. The number of carbonyl (C=O) groups excluding carboxylic acids is 2. The Morgan fingerprint density at radius 3 is 2.96 bits per heavy atom. The molecule has 0 aromatic carbocycles. The highest BCUT2D eigenvalue weighted by atomic mass is 32.1. The van der Waals surface area contributed by atoms with E-state index in [9.17, 15) is 9.59 Å². The molecule has 0 saturated heterocycles. The molecule has 8 heteroatoms. The van der Waals surface area contributed by atoms with Gasteiger partial charge in [-0.05, 0) is 30.9 Å². The Morgan fingerprint density at radius 1 is 1.38 bits per heavy atom. The van der Waals surface area contributed by atoms with Gasteiger partial charge in [-0.1, -0.05) is 6.07 Å². The van der Waals surface area contributed by atoms with Crippen LogP contribution in [0.2, 0.25) is 0 Å². The molecule has 0 radical (unpaired) electrons. The summed E-state index contributed by atoms with van der Waals surface area (Å²) in [5.74, 6) is -0.475. The van der Waals surface area contributed by atoms with E-state index in [0.29, 0.717) is 30.7 Å². The van der Waals surface area contributed by atoms with Crippen LogP contribution in [-0.2, 0) is 16.1 Å². The molecule has 3 rings (SSSR count). The average molecular weight is 372 g/mol. The first kappa shape index (κ1) is 18.1. The molecule has 0 aliphatic carbocycles. The van der Waals surface area contributed by atoms with Gasteiger partial charge in [0.05, 0.1) is 30.8 Å². The lowest BCUT2D eigenvalue weighted by molar-refractivity contribution is -0.140. The van der Waals surface area contributed by atoms with E-state index in [1.807, 2.05) is 29.1 Å². The van der Waals surface area contributed by atoms with Crippen molar-refractivity contribution in [3.63, 3.8) is 0 Å². The molecule has 3 aromatic heterocycles. The molecule has 0 unspecified atom stereocenters. The second-order valence-electron chi connectivity index (χ2n) is 5.87. The van der Waals surface area contributed by atoms with E-state index in [2.05, 4.69) is 20.1 Å². The van der Waals surface area contributed by atoms with E-state index < -0.39 is 0 Å². The predicted octanol–water partition coefficient (Wildman–Crippen LogP) is 2.53. The summed E-state index contributed by atoms with van der Waals surface area (Å²) in [7, 11) is 1.35. The molecular formula is C18H20N4O3S. The van der Waals surface area contributed by atoms with E-state index in [1.165, 1.54) is 12.0 Å². The Kier molecular flexibility index (Phi) is 5.62. The molecule has 26 heavy (non-hydrogen) atoms. The number of hydrogen-bond donors (Lipinski definition) is 1. The van der Waals surface area contributed by atoms with Crippen molar-refractivity contribution in [1.29, 1.82) is 0 Å². The van der Waals surface area contributed by atoms with Crippen molar-refractivity contribution in [3.8, 4) is 0 Å². The normalized spacial score (nSPS) is 10.8. The SMILES string of the molecule is COC(=O)CCCNC(=O)c1cc(C)nc2c1cnn2Cc1cccs1. The number of fused-ring (bicyclic) bond motifs is 1. The third-order valence-corrected chi connectivity index (χ3v) is 4.80. The van der Waals surface area contributed by atoms with Gasteiger partial charge >= 0.3 is 5.97 Å². The lowest BCUT2D eigenvalue weighted by Crippen LogP contribution is -2.25. The van der Waals surface area contributed by atoms with Gasteiger partial charge < -0.3 is 10.1 Å². The van der Waals surface area contributed by atoms with Crippen molar-refractivity contribution in [3.05, 3.63) is 45.9 Å². The smallest absolute Gasteiger partial charge is 0.305 e. The van der Waals surface area contributed by atoms with Crippen LogP contribution in [0.15, 0.2) is 29.8 Å². The fourth-order valence-corrected chi connectivity index (χ4v) is 3.34. The Bertz CT molecular complexity index is 918. The van der Waals surface area contributed by atoms with E-state index in [0.717, 1.165) is 11.1 Å². The number of aromatic nitrogens is 3. The van der Waals surface area contributed by atoms with Crippen LogP contribution >= 0.6 is 11.3 Å². The van der Waals surface area contributed by atoms with Gasteiger partial charge in [0.15, 0.2) is 5.65 Å². The number of rotatable bonds is 7. The molecule has 0 atom stereocenters. The highest BCUT2D eigenvalue weighted by Gasteiger charge is 2.16. The summed E-state index contributed by atoms with van der Waals surface area (Å²) < 4.78 is 6.40. The third-order valence-electron chi connectivity index (χ3n) is 3.94. The number of ether oxygens (including phenoxy) is 1. The maximum atomic E-state index is 12.6. The van der Waals surface area contributed by atoms with E-state index in [-0.39, 0.29) is 18.3 Å². The van der Waals surface area contributed by atoms with Crippen LogP contribution in [0.5, 0.6) is 0 Å². The summed E-state index contributed by atoms with van der Waals surface area (Å²) in [6.45, 7) is 2.88. The Labute approximate surface area is 155 Å². The molecule has 136 valence electrons. The van der Waals surface area contributed by atoms with Gasteiger partial charge in [-0.3, -0.25) is 9.59 Å². The van der Waals surface area contributed by atoms with Crippen LogP contribution in [0.4, 0.5) is 0 Å². The molecule has 0 spiro atoms. The van der Waals surface area contributed by atoms with Crippen LogP contribution in [0.3, 0.4) is 0 Å². The van der Waals surface area contributed by atoms with Crippen LogP contribution in [-0.4, -0.2) is 40.3 Å². The second-order valence-corrected chi connectivity index (χ2v) is 6.90. The standard InChI is InChI=1S/C18H20N4O3S/c1-12-9-14(18(24)19-7-3-6-16(23)25-2)15-10-20-22(17(15)21-12)11-13-5-4-8-26-13/h4-5,8-10H,3,6-7,11H2,1-2H3,(H,19,24). The highest BCUT2D eigenvalue weighted by molar-refractivity contribution is 7.09. The van der Waals surface area contributed by atoms with Gasteiger partial charge in [-0.15, -0.1) is 11.3 Å². The molecule has 1 amide bonds. The zero-order chi connectivity index (χ0) is 18.5. The molecule has 0 fully saturated rings. The van der Waals surface area contributed by atoms with Crippen LogP contribution in [0.25, 0.3) is 11.0 Å². The monoisotopic (exact) mass is 372 g/mol. The van der Waals surface area contributed by atoms with E-state index in [1.54, 1.807) is 23.6 Å². The average Bonchev–Trinajstić information content (AvgIpc) is 3.28. The van der Waals surface area contributed by atoms with Gasteiger partial charge in [-0.25, -0.2) is 9.67 Å². The molecule has 0 aliphatic heterocycles. The van der Waals surface area contributed by atoms with Crippen molar-refractivity contribution in [2.45, 2.75) is 26.3 Å². The Hall–Kier alpha value is -2.74. The third kappa shape index (κ3) is 4.08. The fraction of sp³-hybridized carbons (Fsp3) is 0.333. The van der Waals surface area contributed by atoms with Gasteiger partial charge in [0, 0.05) is 23.5 Å². The van der Waals surface area contributed by atoms with Crippen molar-refractivity contribution >= 4 is 34.2 Å². The molecule has 7 nitrogen and oxygen atoms in total. The lowest BCUT2D eigenvalue weighted by atomic mass is 10.1. The maximum absolute atomic E-state index is 12.6. The van der Waals surface area contributed by atoms with Gasteiger partial charge in [0.2, 0.25) is 0 Å². The summed E-state index contributed by atoms with van der Waals surface area (Å²) >= 11 is 1.66. The number of nitrogens with zero attached hydrogens (tertiary/aromatic N) is 3. The molecule has 0 bridgehead atoms. The molecule has 3 heterocycles. The minimum atomic E-state index is -0.281. The molecule has 0 aliphatic rings. The van der Waals surface area contributed by atoms with Crippen molar-refractivity contribution < 1.29 is 14.3 Å². The number of carbonyl (C=O) groups is 2. The first-order valence-electron chi connectivity index (χ1n) is 8.29. The Balaban J connectivity index is 1.76. The number of hydrogen-bond acceptors (Lipinski definition) is 6. The topological polar surface area (TPSA) is 86.1 Å². The van der Waals surface area contributed by atoms with E-state index >= 15 is 0 Å².